The topological polar surface area (TPSA) is 78.3 Å². The standard InChI is InChI=1S/C22H26N4O3/c1-4-20(27)23-17-10-12-18(13-11-17)26-21(19-9-7-6-8-16(19)3)24-22(25-26)29-15-14-28-5-2/h6-13H,4-5,14-15H2,1-3H3,(H,23,27). The van der Waals surface area contributed by atoms with Crippen molar-refractivity contribution in [1.82, 2.24) is 14.8 Å². The minimum atomic E-state index is -0.0240. The normalized spacial score (nSPS) is 10.7. The molecule has 1 N–H and O–H groups in total. The van der Waals surface area contributed by atoms with Crippen LogP contribution in [0.2, 0.25) is 0 Å². The number of benzene rings is 2. The fourth-order valence-electron chi connectivity index (χ4n) is 2.80. The zero-order valence-electron chi connectivity index (χ0n) is 17.0. The molecule has 1 amide bonds. The molecule has 0 aliphatic heterocycles. The third kappa shape index (κ3) is 5.20. The van der Waals surface area contributed by atoms with Crippen LogP contribution in [0.25, 0.3) is 17.1 Å². The van der Waals surface area contributed by atoms with Gasteiger partial charge in [-0.05, 0) is 43.7 Å². The zero-order valence-corrected chi connectivity index (χ0v) is 17.0. The molecule has 0 bridgehead atoms. The first-order chi connectivity index (χ1) is 14.1. The number of hydrogen-bond donors (Lipinski definition) is 1. The molecule has 3 rings (SSSR count). The van der Waals surface area contributed by atoms with E-state index in [1.165, 1.54) is 0 Å². The number of aromatic nitrogens is 3. The Morgan fingerprint density at radius 3 is 2.52 bits per heavy atom. The van der Waals surface area contributed by atoms with Crippen molar-refractivity contribution in [3.05, 3.63) is 54.1 Å². The van der Waals surface area contributed by atoms with E-state index in [-0.39, 0.29) is 5.91 Å². The fourth-order valence-corrected chi connectivity index (χ4v) is 2.80. The molecule has 0 fully saturated rings. The summed E-state index contributed by atoms with van der Waals surface area (Å²) in [6.07, 6.45) is 0.435. The number of anilines is 1. The van der Waals surface area contributed by atoms with Crippen LogP contribution in [0.4, 0.5) is 5.69 Å². The molecule has 1 aromatic heterocycles. The lowest BCUT2D eigenvalue weighted by atomic mass is 10.1. The molecule has 0 aliphatic carbocycles. The second-order valence-electron chi connectivity index (χ2n) is 6.44. The Morgan fingerprint density at radius 2 is 1.83 bits per heavy atom. The molecule has 0 atom stereocenters. The molecule has 7 heteroatoms. The van der Waals surface area contributed by atoms with Crippen molar-refractivity contribution in [1.29, 1.82) is 0 Å². The van der Waals surface area contributed by atoms with Crippen LogP contribution in [0.5, 0.6) is 6.01 Å². The molecule has 0 aliphatic rings. The molecule has 0 radical (unpaired) electrons. The van der Waals surface area contributed by atoms with Gasteiger partial charge in [0, 0.05) is 24.3 Å². The van der Waals surface area contributed by atoms with Crippen LogP contribution in [0.1, 0.15) is 25.8 Å². The molecule has 0 unspecified atom stereocenters. The summed E-state index contributed by atoms with van der Waals surface area (Å²) in [5.41, 5.74) is 3.63. The maximum Gasteiger partial charge on any atom is 0.336 e. The van der Waals surface area contributed by atoms with E-state index in [1.807, 2.05) is 69.3 Å². The van der Waals surface area contributed by atoms with Gasteiger partial charge in [-0.25, -0.2) is 4.68 Å². The van der Waals surface area contributed by atoms with Gasteiger partial charge in [-0.15, -0.1) is 5.10 Å². The number of aryl methyl sites for hydroxylation is 1. The van der Waals surface area contributed by atoms with Crippen molar-refractivity contribution in [2.24, 2.45) is 0 Å². The first kappa shape index (κ1) is 20.5. The number of nitrogens with zero attached hydrogens (tertiary/aromatic N) is 3. The van der Waals surface area contributed by atoms with E-state index in [0.29, 0.717) is 38.1 Å². The number of amides is 1. The van der Waals surface area contributed by atoms with Crippen molar-refractivity contribution in [3.8, 4) is 23.1 Å². The van der Waals surface area contributed by atoms with Gasteiger partial charge in [-0.3, -0.25) is 4.79 Å². The average Bonchev–Trinajstić information content (AvgIpc) is 3.16. The third-order valence-corrected chi connectivity index (χ3v) is 4.35. The van der Waals surface area contributed by atoms with Crippen molar-refractivity contribution >= 4 is 11.6 Å². The van der Waals surface area contributed by atoms with Gasteiger partial charge in [-0.1, -0.05) is 31.2 Å². The summed E-state index contributed by atoms with van der Waals surface area (Å²) in [7, 11) is 0. The number of nitrogens with one attached hydrogen (secondary N) is 1. The molecule has 0 saturated carbocycles. The van der Waals surface area contributed by atoms with E-state index in [4.69, 9.17) is 9.47 Å². The van der Waals surface area contributed by atoms with Gasteiger partial charge in [0.1, 0.15) is 6.61 Å². The number of ether oxygens (including phenoxy) is 2. The Hall–Kier alpha value is -3.19. The summed E-state index contributed by atoms with van der Waals surface area (Å²) < 4.78 is 12.7. The van der Waals surface area contributed by atoms with E-state index in [1.54, 1.807) is 4.68 Å². The SMILES string of the molecule is CCOCCOc1nc(-c2ccccc2C)n(-c2ccc(NC(=O)CC)cc2)n1. The summed E-state index contributed by atoms with van der Waals surface area (Å²) in [4.78, 5) is 16.2. The second-order valence-corrected chi connectivity index (χ2v) is 6.44. The zero-order chi connectivity index (χ0) is 20.6. The maximum atomic E-state index is 11.6. The highest BCUT2D eigenvalue weighted by atomic mass is 16.5. The molecule has 0 saturated heterocycles. The molecule has 0 spiro atoms. The molecule has 1 heterocycles. The van der Waals surface area contributed by atoms with Crippen LogP contribution in [-0.2, 0) is 9.53 Å². The fraction of sp³-hybridized carbons (Fsp3) is 0.318. The smallest absolute Gasteiger partial charge is 0.336 e. The molecular weight excluding hydrogens is 368 g/mol. The first-order valence-electron chi connectivity index (χ1n) is 9.76. The van der Waals surface area contributed by atoms with Gasteiger partial charge in [0.25, 0.3) is 0 Å². The Morgan fingerprint density at radius 1 is 1.07 bits per heavy atom. The largest absolute Gasteiger partial charge is 0.460 e. The second kappa shape index (κ2) is 9.84. The summed E-state index contributed by atoms with van der Waals surface area (Å²) in [5.74, 6) is 0.670. The summed E-state index contributed by atoms with van der Waals surface area (Å²) in [5, 5.41) is 7.39. The van der Waals surface area contributed by atoms with Gasteiger partial charge in [0.2, 0.25) is 5.91 Å². The van der Waals surface area contributed by atoms with Gasteiger partial charge in [0.05, 0.1) is 12.3 Å². The van der Waals surface area contributed by atoms with E-state index < -0.39 is 0 Å². The molecule has 3 aromatic rings. The maximum absolute atomic E-state index is 11.6. The lowest BCUT2D eigenvalue weighted by Crippen LogP contribution is -2.09. The Kier molecular flexibility index (Phi) is 6.97. The van der Waals surface area contributed by atoms with E-state index >= 15 is 0 Å². The predicted octanol–water partition coefficient (Wildman–Crippen LogP) is 4.01. The minimum absolute atomic E-state index is 0.0240. The van der Waals surface area contributed by atoms with Crippen molar-refractivity contribution in [3.63, 3.8) is 0 Å². The Labute approximate surface area is 170 Å². The first-order valence-corrected chi connectivity index (χ1v) is 9.76. The number of carbonyl (C=O) groups is 1. The van der Waals surface area contributed by atoms with Crippen LogP contribution in [-0.4, -0.2) is 40.5 Å². The molecule has 2 aromatic carbocycles. The van der Waals surface area contributed by atoms with Crippen LogP contribution < -0.4 is 10.1 Å². The number of rotatable bonds is 9. The molecule has 7 nitrogen and oxygen atoms in total. The van der Waals surface area contributed by atoms with Crippen molar-refractivity contribution in [2.75, 3.05) is 25.1 Å². The molecule has 29 heavy (non-hydrogen) atoms. The quantitative estimate of drug-likeness (QED) is 0.555. The summed E-state index contributed by atoms with van der Waals surface area (Å²) in [6, 6.07) is 15.8. The summed E-state index contributed by atoms with van der Waals surface area (Å²) in [6.45, 7) is 7.30. The number of carbonyl (C=O) groups excluding carboxylic acids is 1. The van der Waals surface area contributed by atoms with Crippen LogP contribution in [0.3, 0.4) is 0 Å². The van der Waals surface area contributed by atoms with Crippen molar-refractivity contribution < 1.29 is 14.3 Å². The Balaban J connectivity index is 1.92. The lowest BCUT2D eigenvalue weighted by molar-refractivity contribution is -0.115. The van der Waals surface area contributed by atoms with E-state index in [0.717, 1.165) is 22.5 Å². The summed E-state index contributed by atoms with van der Waals surface area (Å²) >= 11 is 0. The van der Waals surface area contributed by atoms with Crippen LogP contribution in [0.15, 0.2) is 48.5 Å². The number of hydrogen-bond acceptors (Lipinski definition) is 5. The molecular formula is C22H26N4O3. The van der Waals surface area contributed by atoms with Gasteiger partial charge < -0.3 is 14.8 Å². The van der Waals surface area contributed by atoms with Crippen LogP contribution in [0, 0.1) is 6.92 Å². The predicted molar refractivity (Wildman–Crippen MR) is 112 cm³/mol. The van der Waals surface area contributed by atoms with Gasteiger partial charge >= 0.3 is 6.01 Å². The molecule has 152 valence electrons. The average molecular weight is 394 g/mol. The van der Waals surface area contributed by atoms with Crippen molar-refractivity contribution in [2.45, 2.75) is 27.2 Å². The van der Waals surface area contributed by atoms with Gasteiger partial charge in [-0.2, -0.15) is 4.98 Å². The van der Waals surface area contributed by atoms with Crippen LogP contribution >= 0.6 is 0 Å². The van der Waals surface area contributed by atoms with E-state index in [2.05, 4.69) is 15.4 Å². The highest BCUT2D eigenvalue weighted by Crippen LogP contribution is 2.26. The van der Waals surface area contributed by atoms with Gasteiger partial charge in [0.15, 0.2) is 5.82 Å². The minimum Gasteiger partial charge on any atom is -0.460 e. The van der Waals surface area contributed by atoms with E-state index in [9.17, 15) is 4.79 Å². The highest BCUT2D eigenvalue weighted by molar-refractivity contribution is 5.90. The monoisotopic (exact) mass is 394 g/mol. The lowest BCUT2D eigenvalue weighted by Gasteiger charge is -2.09. The highest BCUT2D eigenvalue weighted by Gasteiger charge is 2.16. The Bertz CT molecular complexity index is 951. The third-order valence-electron chi connectivity index (χ3n) is 4.35.